The van der Waals surface area contributed by atoms with Crippen molar-refractivity contribution < 1.29 is 18.3 Å². The van der Waals surface area contributed by atoms with Gasteiger partial charge in [-0.25, -0.2) is 0 Å². The Morgan fingerprint density at radius 1 is 0.900 bits per heavy atom. The predicted octanol–water partition coefficient (Wildman–Crippen LogP) is 4.44. The van der Waals surface area contributed by atoms with E-state index in [4.69, 9.17) is 41.5 Å². The van der Waals surface area contributed by atoms with Crippen molar-refractivity contribution in [2.24, 2.45) is 11.8 Å². The van der Waals surface area contributed by atoms with E-state index >= 15 is 0 Å². The summed E-state index contributed by atoms with van der Waals surface area (Å²) in [5, 5.41) is 0. The van der Waals surface area contributed by atoms with Gasteiger partial charge in [0.1, 0.15) is 6.10 Å². The SMILES string of the molecule is CC(C)COP(OCC(C)C)OC(CCl)COCCCl. The monoisotopic (exact) mass is 348 g/mol. The van der Waals surface area contributed by atoms with Crippen molar-refractivity contribution in [3.8, 4) is 0 Å². The zero-order valence-electron chi connectivity index (χ0n) is 12.8. The van der Waals surface area contributed by atoms with Gasteiger partial charge in [-0.1, -0.05) is 27.7 Å². The molecule has 0 aromatic heterocycles. The van der Waals surface area contributed by atoms with E-state index in [1.807, 2.05) is 0 Å². The molecule has 0 aromatic carbocycles. The summed E-state index contributed by atoms with van der Waals surface area (Å²) in [6, 6.07) is 0. The van der Waals surface area contributed by atoms with E-state index in [1.54, 1.807) is 0 Å². The first-order chi connectivity index (χ1) is 9.49. The highest BCUT2D eigenvalue weighted by Gasteiger charge is 2.20. The minimum atomic E-state index is -1.39. The molecule has 0 aliphatic rings. The Morgan fingerprint density at radius 3 is 1.85 bits per heavy atom. The maximum absolute atomic E-state index is 5.88. The van der Waals surface area contributed by atoms with Crippen molar-refractivity contribution in [3.63, 3.8) is 0 Å². The number of rotatable bonds is 13. The van der Waals surface area contributed by atoms with Crippen molar-refractivity contribution in [3.05, 3.63) is 0 Å². The van der Waals surface area contributed by atoms with Gasteiger partial charge in [-0.3, -0.25) is 0 Å². The molecule has 0 aliphatic carbocycles. The molecular formula is C13H27Cl2O4P. The summed E-state index contributed by atoms with van der Waals surface area (Å²) in [5.74, 6) is 1.63. The molecule has 0 spiro atoms. The molecule has 0 aliphatic heterocycles. The standard InChI is InChI=1S/C13H27Cl2O4P/c1-11(2)8-17-20(18-9-12(3)4)19-13(7-15)10-16-6-5-14/h11-13H,5-10H2,1-4H3. The first-order valence-corrected chi connectivity index (χ1v) is 9.08. The summed E-state index contributed by atoms with van der Waals surface area (Å²) < 4.78 is 22.5. The van der Waals surface area contributed by atoms with Crippen LogP contribution in [0.5, 0.6) is 0 Å². The van der Waals surface area contributed by atoms with Gasteiger partial charge in [0.15, 0.2) is 0 Å². The van der Waals surface area contributed by atoms with Gasteiger partial charge in [-0.15, -0.1) is 23.2 Å². The Balaban J connectivity index is 4.19. The van der Waals surface area contributed by atoms with E-state index in [-0.39, 0.29) is 6.10 Å². The molecule has 0 aromatic rings. The molecule has 1 unspecified atom stereocenters. The highest BCUT2D eigenvalue weighted by atomic mass is 35.5. The number of hydrogen-bond acceptors (Lipinski definition) is 4. The van der Waals surface area contributed by atoms with Gasteiger partial charge < -0.3 is 18.3 Å². The average Bonchev–Trinajstić information content (AvgIpc) is 2.39. The molecule has 4 nitrogen and oxygen atoms in total. The second-order valence-corrected chi connectivity index (χ2v) is 7.11. The molecule has 122 valence electrons. The Kier molecular flexibility index (Phi) is 14.1. The minimum Gasteiger partial charge on any atom is -0.377 e. The molecule has 0 heterocycles. The number of alkyl halides is 2. The third kappa shape index (κ3) is 12.6. The molecule has 0 amide bonds. The van der Waals surface area contributed by atoms with Crippen LogP contribution in [0.25, 0.3) is 0 Å². The molecule has 0 radical (unpaired) electrons. The lowest BCUT2D eigenvalue weighted by molar-refractivity contribution is 0.0449. The summed E-state index contributed by atoms with van der Waals surface area (Å²) in [7, 11) is -1.39. The summed E-state index contributed by atoms with van der Waals surface area (Å²) in [4.78, 5) is 0. The molecule has 20 heavy (non-hydrogen) atoms. The van der Waals surface area contributed by atoms with Crippen LogP contribution in [0.15, 0.2) is 0 Å². The number of ether oxygens (including phenoxy) is 1. The molecule has 1 atom stereocenters. The lowest BCUT2D eigenvalue weighted by Gasteiger charge is -2.23. The van der Waals surface area contributed by atoms with Crippen molar-refractivity contribution in [1.29, 1.82) is 0 Å². The zero-order chi connectivity index (χ0) is 15.4. The van der Waals surface area contributed by atoms with E-state index in [0.717, 1.165) is 0 Å². The maximum atomic E-state index is 5.88. The smallest absolute Gasteiger partial charge is 0.333 e. The molecule has 0 saturated carbocycles. The van der Waals surface area contributed by atoms with Gasteiger partial charge in [0.05, 0.1) is 32.3 Å². The van der Waals surface area contributed by atoms with E-state index in [0.29, 0.717) is 50.0 Å². The first kappa shape index (κ1) is 20.9. The molecule has 0 bridgehead atoms. The maximum Gasteiger partial charge on any atom is 0.333 e. The van der Waals surface area contributed by atoms with Gasteiger partial charge in [0.2, 0.25) is 0 Å². The van der Waals surface area contributed by atoms with E-state index in [9.17, 15) is 0 Å². The highest BCUT2D eigenvalue weighted by Crippen LogP contribution is 2.42. The second-order valence-electron chi connectivity index (χ2n) is 5.25. The summed E-state index contributed by atoms with van der Waals surface area (Å²) in [5.41, 5.74) is 0. The van der Waals surface area contributed by atoms with Gasteiger partial charge in [0, 0.05) is 5.88 Å². The van der Waals surface area contributed by atoms with E-state index < -0.39 is 8.60 Å². The third-order valence-corrected chi connectivity index (χ3v) is 3.65. The largest absolute Gasteiger partial charge is 0.377 e. The Hall–Kier alpha value is 0.850. The average molecular weight is 349 g/mol. The third-order valence-electron chi connectivity index (χ3n) is 1.96. The Bertz CT molecular complexity index is 209. The van der Waals surface area contributed by atoms with Crippen LogP contribution in [-0.4, -0.2) is 44.3 Å². The summed E-state index contributed by atoms with van der Waals surface area (Å²) in [6.45, 7) is 10.4. The van der Waals surface area contributed by atoms with E-state index in [2.05, 4.69) is 27.7 Å². The Labute approximate surface area is 134 Å². The van der Waals surface area contributed by atoms with Crippen LogP contribution in [0.4, 0.5) is 0 Å². The Morgan fingerprint density at radius 2 is 1.45 bits per heavy atom. The van der Waals surface area contributed by atoms with Crippen LogP contribution < -0.4 is 0 Å². The molecule has 0 fully saturated rings. The summed E-state index contributed by atoms with van der Waals surface area (Å²) in [6.07, 6.45) is -0.245. The second kappa shape index (κ2) is 13.5. The van der Waals surface area contributed by atoms with Gasteiger partial charge in [-0.2, -0.15) is 0 Å². The van der Waals surface area contributed by atoms with Crippen LogP contribution in [-0.2, 0) is 18.3 Å². The topological polar surface area (TPSA) is 36.9 Å². The molecule has 0 rings (SSSR count). The van der Waals surface area contributed by atoms with Crippen molar-refractivity contribution >= 4 is 31.8 Å². The minimum absolute atomic E-state index is 0.245. The fourth-order valence-electron chi connectivity index (χ4n) is 1.01. The van der Waals surface area contributed by atoms with Crippen LogP contribution in [0.1, 0.15) is 27.7 Å². The molecule has 0 N–H and O–H groups in total. The van der Waals surface area contributed by atoms with Gasteiger partial charge in [0.25, 0.3) is 0 Å². The van der Waals surface area contributed by atoms with Gasteiger partial charge in [-0.05, 0) is 11.8 Å². The molecular weight excluding hydrogens is 322 g/mol. The summed E-state index contributed by atoms with van der Waals surface area (Å²) >= 11 is 11.4. The lowest BCUT2D eigenvalue weighted by Crippen LogP contribution is -2.22. The molecule has 7 heteroatoms. The van der Waals surface area contributed by atoms with Crippen molar-refractivity contribution in [1.82, 2.24) is 0 Å². The van der Waals surface area contributed by atoms with E-state index in [1.165, 1.54) is 0 Å². The fourth-order valence-corrected chi connectivity index (χ4v) is 2.78. The molecule has 0 saturated heterocycles. The lowest BCUT2D eigenvalue weighted by atomic mass is 10.2. The normalized spacial score (nSPS) is 13.7. The van der Waals surface area contributed by atoms with Crippen LogP contribution in [0.3, 0.4) is 0 Å². The van der Waals surface area contributed by atoms with Crippen molar-refractivity contribution in [2.75, 3.05) is 38.2 Å². The number of halogens is 2. The first-order valence-electron chi connectivity index (χ1n) is 6.92. The van der Waals surface area contributed by atoms with Crippen molar-refractivity contribution in [2.45, 2.75) is 33.8 Å². The predicted molar refractivity (Wildman–Crippen MR) is 85.6 cm³/mol. The van der Waals surface area contributed by atoms with Crippen LogP contribution >= 0.6 is 31.8 Å². The fraction of sp³-hybridized carbons (Fsp3) is 1.00. The highest BCUT2D eigenvalue weighted by molar-refractivity contribution is 7.41. The van der Waals surface area contributed by atoms with Crippen LogP contribution in [0.2, 0.25) is 0 Å². The zero-order valence-corrected chi connectivity index (χ0v) is 15.2. The van der Waals surface area contributed by atoms with Gasteiger partial charge >= 0.3 is 8.60 Å². The quantitative estimate of drug-likeness (QED) is 0.280. The van der Waals surface area contributed by atoms with Crippen LogP contribution in [0, 0.1) is 11.8 Å². The number of hydrogen-bond donors (Lipinski definition) is 0.